The van der Waals surface area contributed by atoms with Crippen molar-refractivity contribution in [1.29, 1.82) is 0 Å². The minimum atomic E-state index is 0.0719. The molecule has 0 spiro atoms. The van der Waals surface area contributed by atoms with Gasteiger partial charge in [0.2, 0.25) is 0 Å². The predicted molar refractivity (Wildman–Crippen MR) is 119 cm³/mol. The van der Waals surface area contributed by atoms with Gasteiger partial charge in [0.1, 0.15) is 45.3 Å². The van der Waals surface area contributed by atoms with Crippen molar-refractivity contribution in [3.63, 3.8) is 0 Å². The van der Waals surface area contributed by atoms with Gasteiger partial charge in [-0.1, -0.05) is 36.4 Å². The smallest absolute Gasteiger partial charge is 0.275 e. The number of carbonyl (C=O) groups is 1. The van der Waals surface area contributed by atoms with E-state index in [1.54, 1.807) is 0 Å². The molecular formula is C24H36N5O2+3. The summed E-state index contributed by atoms with van der Waals surface area (Å²) in [7, 11) is 0. The zero-order valence-electron chi connectivity index (χ0n) is 18.5. The molecule has 2 saturated heterocycles. The number of nitrogens with one attached hydrogen (secondary N) is 4. The maximum absolute atomic E-state index is 12.9. The number of benzene rings is 1. The summed E-state index contributed by atoms with van der Waals surface area (Å²) in [6.45, 7) is 10.1. The van der Waals surface area contributed by atoms with E-state index in [1.165, 1.54) is 15.4 Å². The van der Waals surface area contributed by atoms with Crippen LogP contribution in [0.3, 0.4) is 0 Å². The van der Waals surface area contributed by atoms with Gasteiger partial charge in [0.05, 0.1) is 25.5 Å². The fourth-order valence-electron chi connectivity index (χ4n) is 4.92. The van der Waals surface area contributed by atoms with E-state index in [-0.39, 0.29) is 18.0 Å². The number of amides is 1. The Labute approximate surface area is 185 Å². The average Bonchev–Trinajstić information content (AvgIpc) is 2.82. The molecule has 2 fully saturated rings. The van der Waals surface area contributed by atoms with Crippen molar-refractivity contribution < 1.29 is 24.3 Å². The van der Waals surface area contributed by atoms with Gasteiger partial charge in [-0.25, -0.2) is 4.98 Å². The molecule has 2 atom stereocenters. The van der Waals surface area contributed by atoms with Crippen LogP contribution in [0.2, 0.25) is 0 Å². The summed E-state index contributed by atoms with van der Waals surface area (Å²) in [5.41, 5.74) is 1.28. The first-order valence-corrected chi connectivity index (χ1v) is 11.5. The van der Waals surface area contributed by atoms with Crippen molar-refractivity contribution in [2.45, 2.75) is 19.0 Å². The van der Waals surface area contributed by atoms with E-state index in [2.05, 4.69) is 64.6 Å². The van der Waals surface area contributed by atoms with Gasteiger partial charge in [-0.3, -0.25) is 9.69 Å². The molecule has 2 aromatic rings. The van der Waals surface area contributed by atoms with Crippen molar-refractivity contribution >= 4 is 11.7 Å². The Morgan fingerprint density at radius 1 is 1.06 bits per heavy atom. The van der Waals surface area contributed by atoms with Crippen LogP contribution < -0.4 is 25.0 Å². The molecule has 1 aromatic carbocycles. The average molecular weight is 427 g/mol. The third kappa shape index (κ3) is 5.81. The zero-order chi connectivity index (χ0) is 21.5. The van der Waals surface area contributed by atoms with E-state index in [1.807, 2.05) is 12.3 Å². The Bertz CT molecular complexity index is 805. The fraction of sp³-hybridized carbons (Fsp3) is 0.500. The highest BCUT2D eigenvalue weighted by Crippen LogP contribution is 2.14. The second-order valence-corrected chi connectivity index (χ2v) is 8.68. The SMILES string of the molecule is C[C@@H](NC(=O)C[NH+]1CCN(c2cccc[nH+]2)CC1)[C@@H](c1ccccc1)[NH+]1CCOCC1. The number of hydrogen-bond acceptors (Lipinski definition) is 3. The number of quaternary nitrogens is 2. The lowest BCUT2D eigenvalue weighted by Crippen LogP contribution is -3.16. The molecule has 166 valence electrons. The van der Waals surface area contributed by atoms with Crippen molar-refractivity contribution in [3.8, 4) is 0 Å². The highest BCUT2D eigenvalue weighted by atomic mass is 16.5. The topological polar surface area (TPSA) is 64.6 Å². The van der Waals surface area contributed by atoms with Crippen molar-refractivity contribution in [2.75, 3.05) is 63.9 Å². The predicted octanol–water partition coefficient (Wildman–Crippen LogP) is -1.63. The van der Waals surface area contributed by atoms with Crippen LogP contribution in [0.15, 0.2) is 54.7 Å². The second kappa shape index (κ2) is 10.7. The number of hydrogen-bond donors (Lipinski definition) is 3. The summed E-state index contributed by atoms with van der Waals surface area (Å²) < 4.78 is 5.57. The number of rotatable bonds is 7. The lowest BCUT2D eigenvalue weighted by molar-refractivity contribution is -0.940. The maximum Gasteiger partial charge on any atom is 0.275 e. The first kappa shape index (κ1) is 21.7. The Morgan fingerprint density at radius 3 is 2.45 bits per heavy atom. The van der Waals surface area contributed by atoms with Crippen LogP contribution in [-0.2, 0) is 9.53 Å². The monoisotopic (exact) mass is 426 g/mol. The highest BCUT2D eigenvalue weighted by molar-refractivity contribution is 5.77. The molecule has 2 aliphatic heterocycles. The molecule has 7 heteroatoms. The molecule has 7 nitrogen and oxygen atoms in total. The standard InChI is InChI=1S/C24H33N5O2/c1-20(24(21-7-3-2-4-8-21)29-15-17-31-18-16-29)26-23(30)19-27-11-13-28(14-12-27)22-9-5-6-10-25-22/h2-10,20,24H,11-19H2,1H3,(H,26,30)/p+3/t20-,24+/m1/s1. The number of H-pyrrole nitrogens is 1. The molecule has 0 aliphatic carbocycles. The Hall–Kier alpha value is -2.48. The van der Waals surface area contributed by atoms with E-state index >= 15 is 0 Å². The van der Waals surface area contributed by atoms with Gasteiger partial charge in [-0.2, -0.15) is 0 Å². The second-order valence-electron chi connectivity index (χ2n) is 8.68. The third-order valence-electron chi connectivity index (χ3n) is 6.54. The summed E-state index contributed by atoms with van der Waals surface area (Å²) in [5.74, 6) is 1.30. The van der Waals surface area contributed by atoms with Crippen LogP contribution in [-0.4, -0.2) is 71.0 Å². The quantitative estimate of drug-likeness (QED) is 0.498. The first-order chi connectivity index (χ1) is 15.2. The molecule has 1 amide bonds. The largest absolute Gasteiger partial charge is 0.370 e. The van der Waals surface area contributed by atoms with Crippen LogP contribution in [0.1, 0.15) is 18.5 Å². The summed E-state index contributed by atoms with van der Waals surface area (Å²) in [5, 5.41) is 3.32. The molecule has 0 radical (unpaired) electrons. The minimum absolute atomic E-state index is 0.0719. The van der Waals surface area contributed by atoms with E-state index in [0.29, 0.717) is 6.54 Å². The first-order valence-electron chi connectivity index (χ1n) is 11.5. The summed E-state index contributed by atoms with van der Waals surface area (Å²) in [4.78, 5) is 21.4. The van der Waals surface area contributed by atoms with E-state index in [4.69, 9.17) is 4.74 Å². The summed E-state index contributed by atoms with van der Waals surface area (Å²) in [6, 6.07) is 17.1. The number of piperazine rings is 1. The molecule has 3 heterocycles. The number of ether oxygens (including phenoxy) is 1. The molecule has 0 bridgehead atoms. The molecular weight excluding hydrogens is 390 g/mol. The normalized spacial score (nSPS) is 20.2. The lowest BCUT2D eigenvalue weighted by atomic mass is 9.98. The highest BCUT2D eigenvalue weighted by Gasteiger charge is 2.33. The van der Waals surface area contributed by atoms with E-state index < -0.39 is 0 Å². The Balaban J connectivity index is 1.31. The van der Waals surface area contributed by atoms with Crippen LogP contribution >= 0.6 is 0 Å². The van der Waals surface area contributed by atoms with Crippen LogP contribution in [0.25, 0.3) is 0 Å². The van der Waals surface area contributed by atoms with Crippen molar-refractivity contribution in [3.05, 3.63) is 60.3 Å². The zero-order valence-corrected chi connectivity index (χ0v) is 18.5. The van der Waals surface area contributed by atoms with Crippen LogP contribution in [0.4, 0.5) is 5.82 Å². The van der Waals surface area contributed by atoms with Crippen LogP contribution in [0, 0.1) is 0 Å². The van der Waals surface area contributed by atoms with Gasteiger partial charge < -0.3 is 19.9 Å². The summed E-state index contributed by atoms with van der Waals surface area (Å²) in [6.07, 6.45) is 1.96. The fourth-order valence-corrected chi connectivity index (χ4v) is 4.92. The van der Waals surface area contributed by atoms with Gasteiger partial charge in [0, 0.05) is 11.6 Å². The Morgan fingerprint density at radius 2 is 1.77 bits per heavy atom. The lowest BCUT2D eigenvalue weighted by Gasteiger charge is -2.35. The number of morpholine rings is 1. The molecule has 4 rings (SSSR count). The van der Waals surface area contributed by atoms with E-state index in [0.717, 1.165) is 58.3 Å². The third-order valence-corrected chi connectivity index (χ3v) is 6.54. The maximum atomic E-state index is 12.9. The minimum Gasteiger partial charge on any atom is -0.370 e. The number of aromatic nitrogens is 1. The van der Waals surface area contributed by atoms with Crippen LogP contribution in [0.5, 0.6) is 0 Å². The number of anilines is 1. The van der Waals surface area contributed by atoms with E-state index in [9.17, 15) is 4.79 Å². The molecule has 1 aromatic heterocycles. The number of nitrogens with zero attached hydrogens (tertiary/aromatic N) is 1. The number of carbonyl (C=O) groups excluding carboxylic acids is 1. The van der Waals surface area contributed by atoms with Crippen molar-refractivity contribution in [1.82, 2.24) is 5.32 Å². The Kier molecular flexibility index (Phi) is 7.51. The molecule has 0 unspecified atom stereocenters. The molecule has 2 aliphatic rings. The van der Waals surface area contributed by atoms with Gasteiger partial charge in [0.25, 0.3) is 11.7 Å². The van der Waals surface area contributed by atoms with Gasteiger partial charge in [0.15, 0.2) is 6.54 Å². The van der Waals surface area contributed by atoms with Gasteiger partial charge in [-0.15, -0.1) is 0 Å². The molecule has 4 N–H and O–H groups in total. The molecule has 31 heavy (non-hydrogen) atoms. The summed E-state index contributed by atoms with van der Waals surface area (Å²) >= 11 is 0. The van der Waals surface area contributed by atoms with Gasteiger partial charge in [-0.05, 0) is 13.0 Å². The molecule has 0 saturated carbocycles. The van der Waals surface area contributed by atoms with Crippen molar-refractivity contribution in [2.24, 2.45) is 0 Å². The number of aromatic amines is 1. The number of pyridine rings is 1. The van der Waals surface area contributed by atoms with Gasteiger partial charge >= 0.3 is 0 Å².